The second-order valence-corrected chi connectivity index (χ2v) is 7.80. The topological polar surface area (TPSA) is 49.8 Å². The van der Waals surface area contributed by atoms with Gasteiger partial charge in [0.1, 0.15) is 17.5 Å². The first kappa shape index (κ1) is 14.6. The van der Waals surface area contributed by atoms with Gasteiger partial charge in [-0.3, -0.25) is 0 Å². The van der Waals surface area contributed by atoms with Crippen LogP contribution in [0.1, 0.15) is 57.8 Å². The fraction of sp³-hybridized carbons (Fsp3) is 0.765. The average Bonchev–Trinajstić information content (AvgIpc) is 3.02. The summed E-state index contributed by atoms with van der Waals surface area (Å²) in [5.74, 6) is 4.67. The number of nitrogens with zero attached hydrogens (tertiary/aromatic N) is 2. The zero-order valence-corrected chi connectivity index (χ0v) is 14.0. The molecule has 1 aromatic heterocycles. The normalized spacial score (nSPS) is 28.0. The molecule has 2 bridgehead atoms. The number of hydrogen-bond acceptors (Lipinski definition) is 4. The van der Waals surface area contributed by atoms with E-state index in [1.807, 2.05) is 7.05 Å². The summed E-state index contributed by atoms with van der Waals surface area (Å²) in [5.41, 5.74) is 1.10. The molecule has 3 atom stereocenters. The first-order valence-corrected chi connectivity index (χ1v) is 8.22. The van der Waals surface area contributed by atoms with Gasteiger partial charge in [-0.1, -0.05) is 27.2 Å². The van der Waals surface area contributed by atoms with Crippen LogP contribution in [0.4, 0.5) is 11.6 Å². The molecule has 2 N–H and O–H groups in total. The summed E-state index contributed by atoms with van der Waals surface area (Å²) >= 11 is 0. The standard InChI is InChI=1S/C17H28N4/c1-10-14(18-5)20-16(17(2,3)4)21-15(10)19-13-9-11-6-7-12(13)8-11/h11-13H,6-9H2,1-5H3,(H2,18,19,20,21). The maximum atomic E-state index is 4.84. The SMILES string of the molecule is CNc1nc(C(C)(C)C)nc(NC2CC3CCC2C3)c1C. The van der Waals surface area contributed by atoms with Crippen molar-refractivity contribution >= 4 is 11.6 Å². The van der Waals surface area contributed by atoms with Crippen LogP contribution in [0.25, 0.3) is 0 Å². The monoisotopic (exact) mass is 288 g/mol. The van der Waals surface area contributed by atoms with Crippen molar-refractivity contribution in [2.24, 2.45) is 11.8 Å². The Bertz CT molecular complexity index is 532. The van der Waals surface area contributed by atoms with Crippen molar-refractivity contribution < 1.29 is 0 Å². The minimum absolute atomic E-state index is 0.0373. The number of hydrogen-bond donors (Lipinski definition) is 2. The summed E-state index contributed by atoms with van der Waals surface area (Å²) in [4.78, 5) is 9.52. The predicted octanol–water partition coefficient (Wildman–Crippen LogP) is 3.72. The molecular weight excluding hydrogens is 260 g/mol. The van der Waals surface area contributed by atoms with Crippen LogP contribution in [0, 0.1) is 18.8 Å². The third-order valence-corrected chi connectivity index (χ3v) is 5.11. The maximum absolute atomic E-state index is 4.84. The van der Waals surface area contributed by atoms with E-state index in [1.165, 1.54) is 25.7 Å². The molecule has 4 nitrogen and oxygen atoms in total. The molecule has 2 aliphatic rings. The third-order valence-electron chi connectivity index (χ3n) is 5.11. The zero-order chi connectivity index (χ0) is 15.2. The van der Waals surface area contributed by atoms with Crippen molar-refractivity contribution in [3.05, 3.63) is 11.4 Å². The summed E-state index contributed by atoms with van der Waals surface area (Å²) < 4.78 is 0. The third kappa shape index (κ3) is 2.72. The lowest BCUT2D eigenvalue weighted by atomic mass is 9.94. The molecule has 2 aliphatic carbocycles. The van der Waals surface area contributed by atoms with Gasteiger partial charge in [-0.15, -0.1) is 0 Å². The fourth-order valence-corrected chi connectivity index (χ4v) is 3.83. The summed E-state index contributed by atoms with van der Waals surface area (Å²) in [6, 6.07) is 0.606. The van der Waals surface area contributed by atoms with Crippen molar-refractivity contribution in [1.29, 1.82) is 0 Å². The molecule has 4 heteroatoms. The molecule has 3 unspecified atom stereocenters. The molecule has 1 aromatic rings. The van der Waals surface area contributed by atoms with E-state index in [4.69, 9.17) is 4.98 Å². The van der Waals surface area contributed by atoms with Crippen LogP contribution in [-0.2, 0) is 5.41 Å². The van der Waals surface area contributed by atoms with Gasteiger partial charge in [-0.25, -0.2) is 9.97 Å². The lowest BCUT2D eigenvalue weighted by molar-refractivity contribution is 0.438. The lowest BCUT2D eigenvalue weighted by Crippen LogP contribution is -2.28. The highest BCUT2D eigenvalue weighted by Gasteiger charge is 2.39. The number of aromatic nitrogens is 2. The van der Waals surface area contributed by atoms with E-state index >= 15 is 0 Å². The molecule has 0 saturated heterocycles. The number of anilines is 2. The number of fused-ring (bicyclic) bond motifs is 2. The molecule has 116 valence electrons. The van der Waals surface area contributed by atoms with Crippen LogP contribution in [-0.4, -0.2) is 23.1 Å². The minimum atomic E-state index is -0.0373. The van der Waals surface area contributed by atoms with E-state index in [1.54, 1.807) is 0 Å². The number of nitrogens with one attached hydrogen (secondary N) is 2. The fourth-order valence-electron chi connectivity index (χ4n) is 3.83. The Morgan fingerprint density at radius 3 is 2.29 bits per heavy atom. The highest BCUT2D eigenvalue weighted by molar-refractivity contribution is 5.58. The molecule has 0 spiro atoms. The molecule has 0 aromatic carbocycles. The van der Waals surface area contributed by atoms with Crippen LogP contribution in [0.15, 0.2) is 0 Å². The molecule has 0 aliphatic heterocycles. The summed E-state index contributed by atoms with van der Waals surface area (Å²) in [7, 11) is 1.93. The predicted molar refractivity (Wildman–Crippen MR) is 87.9 cm³/mol. The second-order valence-electron chi connectivity index (χ2n) is 7.80. The van der Waals surface area contributed by atoms with E-state index < -0.39 is 0 Å². The Morgan fingerprint density at radius 2 is 1.76 bits per heavy atom. The molecule has 0 radical (unpaired) electrons. The molecule has 3 rings (SSSR count). The van der Waals surface area contributed by atoms with Gasteiger partial charge < -0.3 is 10.6 Å². The molecule has 2 fully saturated rings. The van der Waals surface area contributed by atoms with E-state index in [-0.39, 0.29) is 5.41 Å². The molecule has 0 amide bonds. The highest BCUT2D eigenvalue weighted by atomic mass is 15.1. The van der Waals surface area contributed by atoms with Crippen molar-refractivity contribution in [1.82, 2.24) is 9.97 Å². The van der Waals surface area contributed by atoms with Gasteiger partial charge in [0, 0.05) is 24.1 Å². The second kappa shape index (κ2) is 5.15. The van der Waals surface area contributed by atoms with Gasteiger partial charge in [-0.2, -0.15) is 0 Å². The smallest absolute Gasteiger partial charge is 0.138 e. The van der Waals surface area contributed by atoms with Crippen molar-refractivity contribution in [2.45, 2.75) is 64.8 Å². The van der Waals surface area contributed by atoms with Gasteiger partial charge in [0.05, 0.1) is 0 Å². The Kier molecular flexibility index (Phi) is 3.58. The van der Waals surface area contributed by atoms with E-state index in [9.17, 15) is 0 Å². The van der Waals surface area contributed by atoms with Crippen molar-refractivity contribution in [2.75, 3.05) is 17.7 Å². The van der Waals surface area contributed by atoms with Gasteiger partial charge in [-0.05, 0) is 38.0 Å². The Morgan fingerprint density at radius 1 is 1.05 bits per heavy atom. The minimum Gasteiger partial charge on any atom is -0.373 e. The summed E-state index contributed by atoms with van der Waals surface area (Å²) in [6.45, 7) is 8.60. The van der Waals surface area contributed by atoms with E-state index in [2.05, 4.69) is 43.3 Å². The summed E-state index contributed by atoms with van der Waals surface area (Å²) in [6.07, 6.45) is 5.54. The Labute approximate surface area is 128 Å². The van der Waals surface area contributed by atoms with Gasteiger partial charge in [0.15, 0.2) is 0 Å². The van der Waals surface area contributed by atoms with Crippen LogP contribution < -0.4 is 10.6 Å². The van der Waals surface area contributed by atoms with E-state index in [0.717, 1.165) is 34.9 Å². The van der Waals surface area contributed by atoms with Gasteiger partial charge in [0.25, 0.3) is 0 Å². The van der Waals surface area contributed by atoms with Gasteiger partial charge in [0.2, 0.25) is 0 Å². The quantitative estimate of drug-likeness (QED) is 0.890. The van der Waals surface area contributed by atoms with Crippen LogP contribution >= 0.6 is 0 Å². The first-order chi connectivity index (χ1) is 9.88. The van der Waals surface area contributed by atoms with Crippen molar-refractivity contribution in [3.63, 3.8) is 0 Å². The maximum Gasteiger partial charge on any atom is 0.138 e. The molecule has 21 heavy (non-hydrogen) atoms. The number of rotatable bonds is 3. The first-order valence-electron chi connectivity index (χ1n) is 8.22. The highest BCUT2D eigenvalue weighted by Crippen LogP contribution is 2.45. The zero-order valence-electron chi connectivity index (χ0n) is 14.0. The Hall–Kier alpha value is -1.32. The summed E-state index contributed by atoms with van der Waals surface area (Å²) in [5, 5.41) is 6.95. The average molecular weight is 288 g/mol. The van der Waals surface area contributed by atoms with Crippen LogP contribution in [0.5, 0.6) is 0 Å². The molecule has 2 saturated carbocycles. The van der Waals surface area contributed by atoms with Gasteiger partial charge >= 0.3 is 0 Å². The van der Waals surface area contributed by atoms with Crippen LogP contribution in [0.2, 0.25) is 0 Å². The molecule has 1 heterocycles. The van der Waals surface area contributed by atoms with E-state index in [0.29, 0.717) is 6.04 Å². The molecular formula is C17H28N4. The largest absolute Gasteiger partial charge is 0.373 e. The lowest BCUT2D eigenvalue weighted by Gasteiger charge is -2.26. The van der Waals surface area contributed by atoms with Crippen LogP contribution in [0.3, 0.4) is 0 Å². The van der Waals surface area contributed by atoms with Crippen molar-refractivity contribution in [3.8, 4) is 0 Å². The Balaban J connectivity index is 1.89.